The van der Waals surface area contributed by atoms with Gasteiger partial charge >= 0.3 is 0 Å². The summed E-state index contributed by atoms with van der Waals surface area (Å²) >= 11 is 0. The fraction of sp³-hybridized carbons (Fsp3) is 1.00. The van der Waals surface area contributed by atoms with Crippen LogP contribution in [0.15, 0.2) is 0 Å². The van der Waals surface area contributed by atoms with E-state index in [1.54, 1.807) is 0 Å². The van der Waals surface area contributed by atoms with E-state index in [0.29, 0.717) is 6.04 Å². The monoisotopic (exact) mass is 199 g/mol. The summed E-state index contributed by atoms with van der Waals surface area (Å²) in [6.45, 7) is 5.91. The van der Waals surface area contributed by atoms with Gasteiger partial charge in [-0.2, -0.15) is 0 Å². The van der Waals surface area contributed by atoms with E-state index in [-0.39, 0.29) is 0 Å². The molecule has 0 saturated carbocycles. The molecular formula is C11H25N3. The van der Waals surface area contributed by atoms with Crippen LogP contribution in [-0.4, -0.2) is 62.7 Å². The molecular weight excluding hydrogens is 174 g/mol. The Balaban J connectivity index is 2.41. The number of nitrogens with one attached hydrogen (secondary N) is 1. The average Bonchev–Trinajstić information content (AvgIpc) is 2.51. The van der Waals surface area contributed by atoms with Crippen molar-refractivity contribution in [3.63, 3.8) is 0 Å². The third-order valence-electron chi connectivity index (χ3n) is 3.06. The molecule has 0 aromatic carbocycles. The predicted octanol–water partition coefficient (Wildman–Crippen LogP) is 0.620. The number of rotatable bonds is 5. The fourth-order valence-electron chi connectivity index (χ4n) is 2.47. The topological polar surface area (TPSA) is 18.5 Å². The minimum Gasteiger partial charge on any atom is -0.318 e. The highest BCUT2D eigenvalue weighted by Crippen LogP contribution is 2.20. The van der Waals surface area contributed by atoms with Gasteiger partial charge in [0.2, 0.25) is 0 Å². The predicted molar refractivity (Wildman–Crippen MR) is 61.7 cm³/mol. The van der Waals surface area contributed by atoms with E-state index in [9.17, 15) is 0 Å². The van der Waals surface area contributed by atoms with E-state index in [0.717, 1.165) is 12.6 Å². The molecule has 0 bridgehead atoms. The van der Waals surface area contributed by atoms with Crippen molar-refractivity contribution in [1.29, 1.82) is 0 Å². The second-order valence-corrected chi connectivity index (χ2v) is 4.70. The summed E-state index contributed by atoms with van der Waals surface area (Å²) in [4.78, 5) is 4.95. The second-order valence-electron chi connectivity index (χ2n) is 4.70. The van der Waals surface area contributed by atoms with Gasteiger partial charge < -0.3 is 10.2 Å². The van der Waals surface area contributed by atoms with Crippen LogP contribution in [0.25, 0.3) is 0 Å². The van der Waals surface area contributed by atoms with Crippen molar-refractivity contribution in [2.45, 2.75) is 31.8 Å². The molecule has 0 amide bonds. The maximum Gasteiger partial charge on any atom is 0.0226 e. The normalized spacial score (nSPS) is 25.9. The maximum atomic E-state index is 3.26. The van der Waals surface area contributed by atoms with E-state index >= 15 is 0 Å². The Hall–Kier alpha value is -0.120. The van der Waals surface area contributed by atoms with Gasteiger partial charge in [0.15, 0.2) is 0 Å². The molecule has 1 rings (SSSR count). The molecule has 84 valence electrons. The van der Waals surface area contributed by atoms with Crippen molar-refractivity contribution >= 4 is 0 Å². The first kappa shape index (κ1) is 12.0. The van der Waals surface area contributed by atoms with E-state index < -0.39 is 0 Å². The molecule has 1 aliphatic rings. The minimum atomic E-state index is 0.674. The van der Waals surface area contributed by atoms with Crippen LogP contribution in [0, 0.1) is 0 Å². The van der Waals surface area contributed by atoms with Crippen molar-refractivity contribution in [3.8, 4) is 0 Å². The minimum absolute atomic E-state index is 0.674. The Bertz CT molecular complexity index is 159. The fourth-order valence-corrected chi connectivity index (χ4v) is 2.47. The van der Waals surface area contributed by atoms with Gasteiger partial charge in [0, 0.05) is 25.2 Å². The molecule has 0 spiro atoms. The van der Waals surface area contributed by atoms with Gasteiger partial charge in [0.05, 0.1) is 0 Å². The molecule has 0 aliphatic carbocycles. The smallest absolute Gasteiger partial charge is 0.0226 e. The van der Waals surface area contributed by atoms with E-state index in [2.05, 4.69) is 36.1 Å². The Labute approximate surface area is 88.5 Å². The molecule has 1 heterocycles. The van der Waals surface area contributed by atoms with Gasteiger partial charge in [-0.15, -0.1) is 0 Å². The summed E-state index contributed by atoms with van der Waals surface area (Å²) in [6.07, 6.45) is 2.73. The third-order valence-corrected chi connectivity index (χ3v) is 3.06. The second kappa shape index (κ2) is 5.69. The van der Waals surface area contributed by atoms with Crippen LogP contribution in [-0.2, 0) is 0 Å². The number of hydrogen-bond acceptors (Lipinski definition) is 3. The van der Waals surface area contributed by atoms with Gasteiger partial charge in [0.1, 0.15) is 0 Å². The van der Waals surface area contributed by atoms with Crippen LogP contribution in [0.4, 0.5) is 0 Å². The summed E-state index contributed by atoms with van der Waals surface area (Å²) in [5, 5.41) is 3.26. The van der Waals surface area contributed by atoms with Crippen LogP contribution >= 0.6 is 0 Å². The SMILES string of the molecule is CNCC(C)N1CCCC1CN(C)C. The molecule has 1 saturated heterocycles. The summed E-state index contributed by atoms with van der Waals surface area (Å²) in [5.41, 5.74) is 0. The van der Waals surface area contributed by atoms with Crippen LogP contribution in [0.1, 0.15) is 19.8 Å². The molecule has 14 heavy (non-hydrogen) atoms. The van der Waals surface area contributed by atoms with Gasteiger partial charge in [-0.1, -0.05) is 0 Å². The third kappa shape index (κ3) is 3.23. The van der Waals surface area contributed by atoms with Crippen LogP contribution < -0.4 is 5.32 Å². The molecule has 1 N–H and O–H groups in total. The molecule has 0 aromatic rings. The van der Waals surface area contributed by atoms with Crippen molar-refractivity contribution in [1.82, 2.24) is 15.1 Å². The van der Waals surface area contributed by atoms with E-state index in [4.69, 9.17) is 0 Å². The van der Waals surface area contributed by atoms with Gasteiger partial charge in [-0.3, -0.25) is 4.90 Å². The Morgan fingerprint density at radius 3 is 2.79 bits per heavy atom. The largest absolute Gasteiger partial charge is 0.318 e. The molecule has 2 unspecified atom stereocenters. The Kier molecular flexibility index (Phi) is 4.85. The summed E-state index contributed by atoms with van der Waals surface area (Å²) < 4.78 is 0. The Morgan fingerprint density at radius 1 is 1.50 bits per heavy atom. The van der Waals surface area contributed by atoms with Crippen molar-refractivity contribution < 1.29 is 0 Å². The number of likely N-dealkylation sites (tertiary alicyclic amines) is 1. The van der Waals surface area contributed by atoms with Crippen molar-refractivity contribution in [2.75, 3.05) is 40.8 Å². The zero-order valence-corrected chi connectivity index (χ0v) is 10.1. The van der Waals surface area contributed by atoms with Crippen molar-refractivity contribution in [2.24, 2.45) is 0 Å². The van der Waals surface area contributed by atoms with Gasteiger partial charge in [0.25, 0.3) is 0 Å². The lowest BCUT2D eigenvalue weighted by Crippen LogP contribution is -2.46. The number of nitrogens with zero attached hydrogens (tertiary/aromatic N) is 2. The quantitative estimate of drug-likeness (QED) is 0.700. The lowest BCUT2D eigenvalue weighted by molar-refractivity contribution is 0.160. The molecule has 1 aliphatic heterocycles. The standard InChI is InChI=1S/C11H25N3/c1-10(8-12-2)14-7-5-6-11(14)9-13(3)4/h10-12H,5-9H2,1-4H3. The summed E-state index contributed by atoms with van der Waals surface area (Å²) in [5.74, 6) is 0. The van der Waals surface area contributed by atoms with Crippen molar-refractivity contribution in [3.05, 3.63) is 0 Å². The van der Waals surface area contributed by atoms with E-state index in [1.807, 2.05) is 7.05 Å². The maximum absolute atomic E-state index is 3.26. The Morgan fingerprint density at radius 2 is 2.21 bits per heavy atom. The number of likely N-dealkylation sites (N-methyl/N-ethyl adjacent to an activating group) is 2. The van der Waals surface area contributed by atoms with Crippen LogP contribution in [0.3, 0.4) is 0 Å². The lowest BCUT2D eigenvalue weighted by Gasteiger charge is -2.32. The first-order valence-corrected chi connectivity index (χ1v) is 5.70. The number of hydrogen-bond donors (Lipinski definition) is 1. The zero-order chi connectivity index (χ0) is 10.6. The molecule has 3 heteroatoms. The van der Waals surface area contributed by atoms with E-state index in [1.165, 1.54) is 25.9 Å². The first-order valence-electron chi connectivity index (χ1n) is 5.70. The summed E-state index contributed by atoms with van der Waals surface area (Å²) in [7, 11) is 6.37. The van der Waals surface area contributed by atoms with Crippen LogP contribution in [0.5, 0.6) is 0 Å². The van der Waals surface area contributed by atoms with Crippen LogP contribution in [0.2, 0.25) is 0 Å². The lowest BCUT2D eigenvalue weighted by atomic mass is 10.2. The molecule has 2 atom stereocenters. The van der Waals surface area contributed by atoms with Gasteiger partial charge in [-0.05, 0) is 47.5 Å². The highest BCUT2D eigenvalue weighted by molar-refractivity contribution is 4.85. The van der Waals surface area contributed by atoms with Gasteiger partial charge in [-0.25, -0.2) is 0 Å². The average molecular weight is 199 g/mol. The molecule has 1 fully saturated rings. The highest BCUT2D eigenvalue weighted by atomic mass is 15.2. The summed E-state index contributed by atoms with van der Waals surface area (Å²) in [6, 6.07) is 1.45. The molecule has 0 aromatic heterocycles. The zero-order valence-electron chi connectivity index (χ0n) is 10.1. The first-order chi connectivity index (χ1) is 6.65. The highest BCUT2D eigenvalue weighted by Gasteiger charge is 2.27. The molecule has 0 radical (unpaired) electrons. The molecule has 3 nitrogen and oxygen atoms in total.